The molecule has 11 heteroatoms. The molecule has 1 aromatic carbocycles. The van der Waals surface area contributed by atoms with Crippen LogP contribution in [-0.2, 0) is 16.1 Å². The number of aromatic nitrogens is 1. The van der Waals surface area contributed by atoms with Crippen LogP contribution >= 0.6 is 11.3 Å². The Kier molecular flexibility index (Phi) is 8.80. The van der Waals surface area contributed by atoms with Gasteiger partial charge in [-0.1, -0.05) is 28.9 Å². The third-order valence-corrected chi connectivity index (χ3v) is 6.02. The Morgan fingerprint density at radius 1 is 1.23 bits per heavy atom. The van der Waals surface area contributed by atoms with E-state index in [1.165, 1.54) is 10.8 Å². The number of likely N-dealkylation sites (tertiary alicyclic amines) is 1. The standard InChI is InChI=1S/C24H23N7O3S/c1-2-31-22(13-17(15-26)23(33)28-10-8-25)35-20(24(31)34)7-9-27-18-5-3-6-19(14-18)29-21(32)16-30-11-4-12-30/h3,5-6,9,14,27H,2,4,10-12,16H2,1H3,(H,28,33)(H,29,32). The van der Waals surface area contributed by atoms with Crippen LogP contribution in [-0.4, -0.2) is 47.5 Å². The lowest BCUT2D eigenvalue weighted by molar-refractivity contribution is -0.118. The number of rotatable bonds is 8. The molecule has 2 heterocycles. The van der Waals surface area contributed by atoms with Gasteiger partial charge in [-0.3, -0.25) is 23.9 Å². The van der Waals surface area contributed by atoms with Crippen molar-refractivity contribution < 1.29 is 9.59 Å². The van der Waals surface area contributed by atoms with Crippen LogP contribution in [0.1, 0.15) is 13.3 Å². The molecule has 10 nitrogen and oxygen atoms in total. The van der Waals surface area contributed by atoms with Gasteiger partial charge in [0.2, 0.25) is 5.91 Å². The van der Waals surface area contributed by atoms with E-state index in [-0.39, 0.29) is 28.1 Å². The van der Waals surface area contributed by atoms with Gasteiger partial charge in [0.1, 0.15) is 21.8 Å². The second-order valence-corrected chi connectivity index (χ2v) is 8.43. The third kappa shape index (κ3) is 6.81. The second-order valence-electron chi connectivity index (χ2n) is 7.43. The van der Waals surface area contributed by atoms with Crippen molar-refractivity contribution >= 4 is 46.0 Å². The molecule has 1 aliphatic rings. The number of benzene rings is 1. The van der Waals surface area contributed by atoms with Crippen LogP contribution in [0.3, 0.4) is 0 Å². The average molecular weight is 490 g/mol. The van der Waals surface area contributed by atoms with Crippen LogP contribution < -0.4 is 30.7 Å². The fourth-order valence-electron chi connectivity index (χ4n) is 3.15. The molecule has 1 fully saturated rings. The molecular formula is C24H23N7O3S. The van der Waals surface area contributed by atoms with Gasteiger partial charge in [-0.15, -0.1) is 0 Å². The van der Waals surface area contributed by atoms with Gasteiger partial charge in [0, 0.05) is 24.1 Å². The summed E-state index contributed by atoms with van der Waals surface area (Å²) >= 11 is 1.03. The predicted molar refractivity (Wildman–Crippen MR) is 132 cm³/mol. The molecule has 0 unspecified atom stereocenters. The summed E-state index contributed by atoms with van der Waals surface area (Å²) in [6.07, 6.45) is 2.60. The number of hydrogen-bond donors (Lipinski definition) is 3. The molecule has 1 aromatic heterocycles. The summed E-state index contributed by atoms with van der Waals surface area (Å²) in [5.41, 5.74) is 6.25. The number of amides is 2. The Bertz CT molecular complexity index is 1460. The van der Waals surface area contributed by atoms with Gasteiger partial charge in [0.05, 0.1) is 12.6 Å². The van der Waals surface area contributed by atoms with Gasteiger partial charge in [-0.25, -0.2) is 0 Å². The van der Waals surface area contributed by atoms with Gasteiger partial charge >= 0.3 is 0 Å². The molecule has 0 spiro atoms. The molecule has 35 heavy (non-hydrogen) atoms. The molecule has 0 saturated carbocycles. The summed E-state index contributed by atoms with van der Waals surface area (Å²) in [5, 5.41) is 26.0. The number of nitrogens with zero attached hydrogens (tertiary/aromatic N) is 4. The minimum atomic E-state index is -0.739. The van der Waals surface area contributed by atoms with Crippen LogP contribution in [0.15, 0.2) is 40.8 Å². The highest BCUT2D eigenvalue weighted by molar-refractivity contribution is 7.07. The fourth-order valence-corrected chi connectivity index (χ4v) is 4.13. The monoisotopic (exact) mass is 489 g/mol. The Hall–Kier alpha value is -4.37. The Morgan fingerprint density at radius 2 is 2.00 bits per heavy atom. The summed E-state index contributed by atoms with van der Waals surface area (Å²) in [5.74, 6) is -0.810. The average Bonchev–Trinajstić information content (AvgIpc) is 3.12. The van der Waals surface area contributed by atoms with Crippen LogP contribution in [0.25, 0.3) is 11.5 Å². The van der Waals surface area contributed by atoms with Crippen molar-refractivity contribution in [3.05, 3.63) is 55.6 Å². The van der Waals surface area contributed by atoms with Crippen molar-refractivity contribution in [2.75, 3.05) is 36.8 Å². The van der Waals surface area contributed by atoms with E-state index in [1.807, 2.05) is 6.07 Å². The lowest BCUT2D eigenvalue weighted by Gasteiger charge is -2.29. The maximum Gasteiger partial charge on any atom is 0.277 e. The van der Waals surface area contributed by atoms with E-state index in [2.05, 4.69) is 32.3 Å². The highest BCUT2D eigenvalue weighted by Gasteiger charge is 2.17. The van der Waals surface area contributed by atoms with Gasteiger partial charge in [-0.2, -0.15) is 10.5 Å². The maximum atomic E-state index is 12.7. The zero-order valence-electron chi connectivity index (χ0n) is 19.1. The van der Waals surface area contributed by atoms with E-state index in [9.17, 15) is 19.6 Å². The fraction of sp³-hybridized carbons (Fsp3) is 0.292. The first-order valence-electron chi connectivity index (χ1n) is 10.8. The Labute approximate surface area is 205 Å². The molecule has 1 aliphatic heterocycles. The van der Waals surface area contributed by atoms with Gasteiger partial charge in [0.25, 0.3) is 11.5 Å². The number of nitrogens with one attached hydrogen (secondary N) is 3. The number of carbonyl (C=O) groups excluding carboxylic acids is 2. The molecule has 2 amide bonds. The van der Waals surface area contributed by atoms with Crippen LogP contribution in [0, 0.1) is 22.7 Å². The van der Waals surface area contributed by atoms with Crippen molar-refractivity contribution in [3.63, 3.8) is 0 Å². The molecule has 3 N–H and O–H groups in total. The summed E-state index contributed by atoms with van der Waals surface area (Å²) in [6, 6.07) is 10.7. The van der Waals surface area contributed by atoms with Gasteiger partial charge < -0.3 is 16.0 Å². The van der Waals surface area contributed by atoms with Crippen molar-refractivity contribution in [2.24, 2.45) is 0 Å². The number of nitriles is 2. The van der Waals surface area contributed by atoms with Crippen molar-refractivity contribution in [1.82, 2.24) is 14.8 Å². The first-order chi connectivity index (χ1) is 16.9. The summed E-state index contributed by atoms with van der Waals surface area (Å²) in [4.78, 5) is 38.9. The Morgan fingerprint density at radius 3 is 2.66 bits per heavy atom. The number of thiazole rings is 1. The summed E-state index contributed by atoms with van der Waals surface area (Å²) in [7, 11) is 0. The molecule has 0 bridgehead atoms. The van der Waals surface area contributed by atoms with E-state index < -0.39 is 5.91 Å². The first-order valence-corrected chi connectivity index (χ1v) is 11.7. The largest absolute Gasteiger partial charge is 0.355 e. The normalized spacial score (nSPS) is 12.1. The zero-order valence-corrected chi connectivity index (χ0v) is 19.9. The molecule has 178 valence electrons. The number of anilines is 2. The van der Waals surface area contributed by atoms with E-state index in [1.54, 1.807) is 37.3 Å². The molecular weight excluding hydrogens is 466 g/mol. The minimum Gasteiger partial charge on any atom is -0.355 e. The van der Waals surface area contributed by atoms with E-state index >= 15 is 0 Å². The van der Waals surface area contributed by atoms with Crippen molar-refractivity contribution in [2.45, 2.75) is 19.9 Å². The van der Waals surface area contributed by atoms with Crippen molar-refractivity contribution in [1.29, 1.82) is 10.5 Å². The molecule has 0 aliphatic carbocycles. The molecule has 1 saturated heterocycles. The molecule has 0 radical (unpaired) electrons. The third-order valence-electron chi connectivity index (χ3n) is 5.00. The minimum absolute atomic E-state index is 0.0717. The topological polar surface area (TPSA) is 143 Å². The lowest BCUT2D eigenvalue weighted by atomic mass is 10.2. The van der Waals surface area contributed by atoms with Crippen LogP contribution in [0.4, 0.5) is 11.4 Å². The molecule has 0 atom stereocenters. The van der Waals surface area contributed by atoms with E-state index in [4.69, 9.17) is 5.26 Å². The smallest absolute Gasteiger partial charge is 0.277 e. The molecule has 2 aromatic rings. The number of hydrogen-bond acceptors (Lipinski definition) is 8. The second kappa shape index (κ2) is 12.2. The van der Waals surface area contributed by atoms with E-state index in [0.29, 0.717) is 29.1 Å². The Balaban J connectivity index is 1.84. The predicted octanol–water partition coefficient (Wildman–Crippen LogP) is 0.0483. The highest BCUT2D eigenvalue weighted by Crippen LogP contribution is 2.15. The number of carbonyl (C=O) groups is 2. The van der Waals surface area contributed by atoms with Crippen molar-refractivity contribution in [3.8, 4) is 12.1 Å². The first kappa shape index (κ1) is 25.3. The van der Waals surface area contributed by atoms with Gasteiger partial charge in [-0.05, 0) is 44.6 Å². The van der Waals surface area contributed by atoms with E-state index in [0.717, 1.165) is 30.8 Å². The van der Waals surface area contributed by atoms with Crippen LogP contribution in [0.5, 0.6) is 0 Å². The maximum absolute atomic E-state index is 12.7. The van der Waals surface area contributed by atoms with Gasteiger partial charge in [0.15, 0.2) is 5.57 Å². The van der Waals surface area contributed by atoms with Crippen LogP contribution in [0.2, 0.25) is 0 Å². The summed E-state index contributed by atoms with van der Waals surface area (Å²) in [6.45, 7) is 4.08. The zero-order chi connectivity index (χ0) is 25.2. The SMILES string of the molecule is CCn1c(=C=C(C#N)C(=O)NCC#N)sc(=C=CNc2cccc(NC(=O)CN3CCC3)c2)c1=O. The molecule has 3 rings (SSSR count). The lowest BCUT2D eigenvalue weighted by Crippen LogP contribution is -2.42. The summed E-state index contributed by atoms with van der Waals surface area (Å²) < 4.78 is 1.93. The quantitative estimate of drug-likeness (QED) is 0.270. The highest BCUT2D eigenvalue weighted by atomic mass is 32.1.